The first kappa shape index (κ1) is 18.5. The summed E-state index contributed by atoms with van der Waals surface area (Å²) in [6.45, 7) is 1.19. The molecule has 0 aromatic heterocycles. The van der Waals surface area contributed by atoms with Crippen molar-refractivity contribution in [2.24, 2.45) is 11.7 Å². The molecule has 132 valence electrons. The van der Waals surface area contributed by atoms with Crippen molar-refractivity contribution >= 4 is 29.9 Å². The van der Waals surface area contributed by atoms with Crippen molar-refractivity contribution in [3.8, 4) is 5.75 Å². The second-order valence-corrected chi connectivity index (χ2v) is 6.24. The van der Waals surface area contributed by atoms with Crippen LogP contribution in [-0.2, 0) is 9.59 Å². The molecule has 0 bridgehead atoms. The minimum absolute atomic E-state index is 0. The van der Waals surface area contributed by atoms with Gasteiger partial charge in [-0.3, -0.25) is 9.59 Å². The van der Waals surface area contributed by atoms with Crippen molar-refractivity contribution in [3.63, 3.8) is 0 Å². The number of amides is 2. The van der Waals surface area contributed by atoms with Crippen molar-refractivity contribution < 1.29 is 14.3 Å². The van der Waals surface area contributed by atoms with Crippen molar-refractivity contribution in [1.29, 1.82) is 0 Å². The molecule has 2 aliphatic rings. The van der Waals surface area contributed by atoms with Gasteiger partial charge in [0.1, 0.15) is 5.75 Å². The van der Waals surface area contributed by atoms with Gasteiger partial charge < -0.3 is 20.7 Å². The lowest BCUT2D eigenvalue weighted by molar-refractivity contribution is -0.123. The number of carbonyl (C=O) groups is 2. The van der Waals surface area contributed by atoms with E-state index in [2.05, 4.69) is 5.32 Å². The van der Waals surface area contributed by atoms with Crippen molar-refractivity contribution in [2.45, 2.75) is 31.7 Å². The van der Waals surface area contributed by atoms with E-state index < -0.39 is 0 Å². The van der Waals surface area contributed by atoms with Gasteiger partial charge in [0.05, 0.1) is 0 Å². The van der Waals surface area contributed by atoms with Gasteiger partial charge in [0.25, 0.3) is 5.91 Å². The number of carbonyl (C=O) groups excluding carboxylic acids is 2. The Morgan fingerprint density at radius 3 is 2.88 bits per heavy atom. The number of halogens is 1. The molecular formula is C17H24ClN3O3. The fourth-order valence-corrected chi connectivity index (χ4v) is 2.78. The number of rotatable bonds is 7. The molecule has 1 saturated heterocycles. The first-order chi connectivity index (χ1) is 11.1. The Kier molecular flexibility index (Phi) is 6.45. The summed E-state index contributed by atoms with van der Waals surface area (Å²) in [5.41, 5.74) is 6.76. The van der Waals surface area contributed by atoms with Crippen molar-refractivity contribution in [2.75, 3.05) is 24.6 Å². The molecule has 1 atom stereocenters. The van der Waals surface area contributed by atoms with Gasteiger partial charge >= 0.3 is 0 Å². The molecule has 1 aliphatic carbocycles. The zero-order chi connectivity index (χ0) is 16.2. The van der Waals surface area contributed by atoms with E-state index in [1.54, 1.807) is 17.0 Å². The molecular weight excluding hydrogens is 330 g/mol. The summed E-state index contributed by atoms with van der Waals surface area (Å²) in [5, 5.41) is 2.80. The predicted octanol–water partition coefficient (Wildman–Crippen LogP) is 1.47. The van der Waals surface area contributed by atoms with Gasteiger partial charge in [-0.05, 0) is 37.3 Å². The third kappa shape index (κ3) is 4.85. The summed E-state index contributed by atoms with van der Waals surface area (Å²) in [5.74, 6) is 1.10. The SMILES string of the molecule is Cl.NC(CNC(=O)COc1cccc(N2CCCC2=O)c1)C1CC1. The lowest BCUT2D eigenvalue weighted by Gasteiger charge is -2.17. The van der Waals surface area contributed by atoms with Crippen LogP contribution in [0.1, 0.15) is 25.7 Å². The smallest absolute Gasteiger partial charge is 0.257 e. The van der Waals surface area contributed by atoms with E-state index in [9.17, 15) is 9.59 Å². The number of nitrogens with zero attached hydrogens (tertiary/aromatic N) is 1. The van der Waals surface area contributed by atoms with Crippen LogP contribution in [0.4, 0.5) is 5.69 Å². The molecule has 1 heterocycles. The van der Waals surface area contributed by atoms with Gasteiger partial charge in [-0.2, -0.15) is 0 Å². The Bertz CT molecular complexity index is 592. The Labute approximate surface area is 148 Å². The maximum absolute atomic E-state index is 11.8. The van der Waals surface area contributed by atoms with Crippen molar-refractivity contribution in [3.05, 3.63) is 24.3 Å². The third-order valence-corrected chi connectivity index (χ3v) is 4.34. The molecule has 0 radical (unpaired) electrons. The van der Waals surface area contributed by atoms with E-state index in [-0.39, 0.29) is 36.9 Å². The number of ether oxygens (including phenoxy) is 1. The van der Waals surface area contributed by atoms with Crippen molar-refractivity contribution in [1.82, 2.24) is 5.32 Å². The number of hydrogen-bond acceptors (Lipinski definition) is 4. The highest BCUT2D eigenvalue weighted by Crippen LogP contribution is 2.31. The minimum Gasteiger partial charge on any atom is -0.484 e. The van der Waals surface area contributed by atoms with Crippen LogP contribution in [0.2, 0.25) is 0 Å². The molecule has 1 aliphatic heterocycles. The molecule has 1 aromatic carbocycles. The van der Waals surface area contributed by atoms with Crippen LogP contribution in [0.15, 0.2) is 24.3 Å². The summed E-state index contributed by atoms with van der Waals surface area (Å²) < 4.78 is 5.52. The molecule has 3 N–H and O–H groups in total. The van der Waals surface area contributed by atoms with Crippen LogP contribution >= 0.6 is 12.4 Å². The fourth-order valence-electron chi connectivity index (χ4n) is 2.78. The summed E-state index contributed by atoms with van der Waals surface area (Å²) in [7, 11) is 0. The van der Waals surface area contributed by atoms with Gasteiger partial charge in [-0.25, -0.2) is 0 Å². The molecule has 1 aromatic rings. The summed E-state index contributed by atoms with van der Waals surface area (Å²) >= 11 is 0. The Hall–Kier alpha value is -1.79. The molecule has 0 spiro atoms. The van der Waals surface area contributed by atoms with Gasteiger partial charge in [0.2, 0.25) is 5.91 Å². The summed E-state index contributed by atoms with van der Waals surface area (Å²) in [6.07, 6.45) is 3.80. The van der Waals surface area contributed by atoms with Gasteiger partial charge in [-0.1, -0.05) is 6.07 Å². The largest absolute Gasteiger partial charge is 0.484 e. The van der Waals surface area contributed by atoms with E-state index >= 15 is 0 Å². The second-order valence-electron chi connectivity index (χ2n) is 6.24. The fraction of sp³-hybridized carbons (Fsp3) is 0.529. The van der Waals surface area contributed by atoms with E-state index in [0.29, 0.717) is 24.6 Å². The standard InChI is InChI=1S/C17H23N3O3.ClH/c18-15(12-6-7-12)10-19-16(21)11-23-14-4-1-3-13(9-14)20-8-2-5-17(20)22;/h1,3-4,9,12,15H,2,5-8,10-11,18H2,(H,19,21);1H. The second kappa shape index (κ2) is 8.35. The molecule has 1 unspecified atom stereocenters. The zero-order valence-corrected chi connectivity index (χ0v) is 14.4. The molecule has 7 heteroatoms. The molecule has 2 amide bonds. The number of benzene rings is 1. The number of nitrogens with one attached hydrogen (secondary N) is 1. The average molecular weight is 354 g/mol. The highest BCUT2D eigenvalue weighted by Gasteiger charge is 2.28. The number of anilines is 1. The maximum Gasteiger partial charge on any atom is 0.257 e. The molecule has 3 rings (SSSR count). The maximum atomic E-state index is 11.8. The van der Waals surface area contributed by atoms with E-state index in [1.165, 1.54) is 0 Å². The zero-order valence-electron chi connectivity index (χ0n) is 13.6. The first-order valence-electron chi connectivity index (χ1n) is 8.19. The van der Waals surface area contributed by atoms with Crippen LogP contribution in [0.25, 0.3) is 0 Å². The monoisotopic (exact) mass is 353 g/mol. The van der Waals surface area contributed by atoms with E-state index in [4.69, 9.17) is 10.5 Å². The quantitative estimate of drug-likeness (QED) is 0.777. The van der Waals surface area contributed by atoms with Gasteiger partial charge in [0, 0.05) is 37.3 Å². The topological polar surface area (TPSA) is 84.7 Å². The Morgan fingerprint density at radius 1 is 1.42 bits per heavy atom. The number of nitrogens with two attached hydrogens (primary N) is 1. The molecule has 6 nitrogen and oxygen atoms in total. The lowest BCUT2D eigenvalue weighted by Crippen LogP contribution is -2.40. The van der Waals surface area contributed by atoms with Crippen LogP contribution < -0.4 is 20.7 Å². The average Bonchev–Trinajstić information content (AvgIpc) is 3.32. The molecule has 2 fully saturated rings. The minimum atomic E-state index is -0.177. The van der Waals surface area contributed by atoms with E-state index in [0.717, 1.165) is 31.5 Å². The Balaban J connectivity index is 0.00000208. The van der Waals surface area contributed by atoms with Gasteiger partial charge in [-0.15, -0.1) is 12.4 Å². The van der Waals surface area contributed by atoms with Crippen LogP contribution in [0.5, 0.6) is 5.75 Å². The Morgan fingerprint density at radius 2 is 2.21 bits per heavy atom. The molecule has 24 heavy (non-hydrogen) atoms. The molecule has 1 saturated carbocycles. The number of hydrogen-bond donors (Lipinski definition) is 2. The van der Waals surface area contributed by atoms with Crippen LogP contribution in [0, 0.1) is 5.92 Å². The highest BCUT2D eigenvalue weighted by atomic mass is 35.5. The lowest BCUT2D eigenvalue weighted by atomic mass is 10.2. The highest BCUT2D eigenvalue weighted by molar-refractivity contribution is 5.95. The first-order valence-corrected chi connectivity index (χ1v) is 8.19. The summed E-state index contributed by atoms with van der Waals surface area (Å²) in [4.78, 5) is 25.3. The summed E-state index contributed by atoms with van der Waals surface area (Å²) in [6, 6.07) is 7.34. The third-order valence-electron chi connectivity index (χ3n) is 4.34. The predicted molar refractivity (Wildman–Crippen MR) is 94.5 cm³/mol. The normalized spacial score (nSPS) is 18.0. The van der Waals surface area contributed by atoms with Crippen LogP contribution in [-0.4, -0.2) is 37.6 Å². The van der Waals surface area contributed by atoms with E-state index in [1.807, 2.05) is 12.1 Å². The van der Waals surface area contributed by atoms with Gasteiger partial charge in [0.15, 0.2) is 6.61 Å². The van der Waals surface area contributed by atoms with Crippen LogP contribution in [0.3, 0.4) is 0 Å².